The molecule has 356 valence electrons. The zero-order valence-electron chi connectivity index (χ0n) is 37.5. The third-order valence-electron chi connectivity index (χ3n) is 14.1. The molecule has 6 amide bonds. The number of rotatable bonds is 10. The summed E-state index contributed by atoms with van der Waals surface area (Å²) >= 11 is 1.26. The van der Waals surface area contributed by atoms with Crippen molar-refractivity contribution in [2.24, 2.45) is 7.05 Å². The summed E-state index contributed by atoms with van der Waals surface area (Å²) in [5.41, 5.74) is 4.91. The fourth-order valence-corrected chi connectivity index (χ4v) is 11.1. The quantitative estimate of drug-likeness (QED) is 0.178. The maximum atomic E-state index is 16.0. The zero-order chi connectivity index (χ0) is 47.7. The molecule has 3 aromatic carbocycles. The van der Waals surface area contributed by atoms with Crippen molar-refractivity contribution in [3.05, 3.63) is 106 Å². The number of imide groups is 1. The van der Waals surface area contributed by atoms with E-state index in [2.05, 4.69) is 30.6 Å². The molecule has 6 aromatic rings. The third-order valence-corrected chi connectivity index (χ3v) is 14.8. The molecule has 0 saturated carbocycles. The Bertz CT molecular complexity index is 3040. The fraction of sp³-hybridized carbons (Fsp3) is 0.375. The number of likely N-dealkylation sites (tertiary alicyclic amines) is 1. The molecule has 0 radical (unpaired) electrons. The summed E-state index contributed by atoms with van der Waals surface area (Å²) in [4.78, 5) is 82.6. The number of piperidine rings is 1. The maximum absolute atomic E-state index is 16.0. The van der Waals surface area contributed by atoms with E-state index in [0.29, 0.717) is 83.4 Å². The minimum absolute atomic E-state index is 0.0943. The van der Waals surface area contributed by atoms with Gasteiger partial charge in [0.1, 0.15) is 5.82 Å². The number of halogens is 3. The highest BCUT2D eigenvalue weighted by Gasteiger charge is 2.46. The van der Waals surface area contributed by atoms with Crippen molar-refractivity contribution in [2.45, 2.75) is 56.7 Å². The first-order valence-corrected chi connectivity index (χ1v) is 23.9. The summed E-state index contributed by atoms with van der Waals surface area (Å²) < 4.78 is 51.4. The summed E-state index contributed by atoms with van der Waals surface area (Å²) in [6.45, 7) is 2.35. The van der Waals surface area contributed by atoms with Crippen LogP contribution in [0.5, 0.6) is 0 Å². The number of amides is 6. The maximum Gasteiger partial charge on any atom is 0.329 e. The van der Waals surface area contributed by atoms with E-state index < -0.39 is 48.1 Å². The van der Waals surface area contributed by atoms with E-state index in [9.17, 15) is 24.0 Å². The number of benzene rings is 3. The highest BCUT2D eigenvalue weighted by Crippen LogP contribution is 2.43. The van der Waals surface area contributed by atoms with Crippen LogP contribution < -0.4 is 20.4 Å². The summed E-state index contributed by atoms with van der Waals surface area (Å²) in [5, 5.41) is 12.3. The van der Waals surface area contributed by atoms with Crippen LogP contribution in [0.15, 0.2) is 72.5 Å². The minimum Gasteiger partial charge on any atom is -0.368 e. The van der Waals surface area contributed by atoms with Crippen LogP contribution in [0.4, 0.5) is 34.6 Å². The van der Waals surface area contributed by atoms with E-state index in [4.69, 9.17) is 0 Å². The van der Waals surface area contributed by atoms with Crippen molar-refractivity contribution >= 4 is 68.5 Å². The molecule has 11 rings (SSSR count). The molecule has 8 heterocycles. The number of aromatic nitrogens is 5. The van der Waals surface area contributed by atoms with Crippen molar-refractivity contribution in [2.75, 3.05) is 67.5 Å². The topological polar surface area (TPSA) is 174 Å². The first-order chi connectivity index (χ1) is 33.3. The fourth-order valence-electron chi connectivity index (χ4n) is 10.5. The third kappa shape index (κ3) is 8.15. The number of nitrogens with one attached hydrogen (secondary N) is 2. The molecular weight excluding hydrogens is 914 g/mol. The Morgan fingerprint density at radius 2 is 1.75 bits per heavy atom. The van der Waals surface area contributed by atoms with E-state index in [1.165, 1.54) is 32.1 Å². The van der Waals surface area contributed by atoms with Gasteiger partial charge in [0.05, 0.1) is 43.1 Å². The van der Waals surface area contributed by atoms with Gasteiger partial charge in [-0.25, -0.2) is 27.9 Å². The van der Waals surface area contributed by atoms with Gasteiger partial charge in [-0.2, -0.15) is 5.10 Å². The van der Waals surface area contributed by atoms with Crippen LogP contribution in [0.1, 0.15) is 64.1 Å². The predicted octanol–water partition coefficient (Wildman–Crippen LogP) is 5.53. The molecule has 1 unspecified atom stereocenters. The van der Waals surface area contributed by atoms with Crippen molar-refractivity contribution in [1.29, 1.82) is 0 Å². The van der Waals surface area contributed by atoms with Crippen LogP contribution in [0, 0.1) is 5.82 Å². The van der Waals surface area contributed by atoms with Gasteiger partial charge in [-0.05, 0) is 78.9 Å². The normalized spacial score (nSPS) is 19.8. The highest BCUT2D eigenvalue weighted by molar-refractivity contribution is 7.13. The molecule has 5 aliphatic heterocycles. The number of aryl methyl sites for hydroxylation is 2. The number of nitrogens with zero attached hydrogens (tertiary/aromatic N) is 10. The lowest BCUT2D eigenvalue weighted by Crippen LogP contribution is -2.54. The Balaban J connectivity index is 0.705. The Hall–Kier alpha value is -7.13. The van der Waals surface area contributed by atoms with Crippen LogP contribution >= 0.6 is 11.3 Å². The molecule has 2 atom stereocenters. The Kier molecular flexibility index (Phi) is 11.2. The number of urea groups is 1. The highest BCUT2D eigenvalue weighted by atomic mass is 32.1. The van der Waals surface area contributed by atoms with E-state index in [1.54, 1.807) is 58.8 Å². The lowest BCUT2D eigenvalue weighted by atomic mass is 9.85. The Morgan fingerprint density at radius 3 is 2.51 bits per heavy atom. The lowest BCUT2D eigenvalue weighted by molar-refractivity contribution is -0.136. The second-order valence-electron chi connectivity index (χ2n) is 18.2. The molecule has 0 aliphatic carbocycles. The largest absolute Gasteiger partial charge is 0.368 e. The number of alkyl halides is 2. The number of hydrogen-bond acceptors (Lipinski definition) is 11. The Morgan fingerprint density at radius 1 is 0.942 bits per heavy atom. The van der Waals surface area contributed by atoms with Gasteiger partial charge in [-0.1, -0.05) is 18.2 Å². The summed E-state index contributed by atoms with van der Waals surface area (Å²) in [5.74, 6) is -5.88. The van der Waals surface area contributed by atoms with Crippen molar-refractivity contribution in [3.63, 3.8) is 0 Å². The van der Waals surface area contributed by atoms with Gasteiger partial charge in [-0.3, -0.25) is 44.3 Å². The molecular formula is C48H47F3N12O5S. The van der Waals surface area contributed by atoms with Gasteiger partial charge >= 0.3 is 6.03 Å². The minimum atomic E-state index is -3.11. The number of fused-ring (bicyclic) bond motifs is 3. The standard InChI is InChI=1S/C48H47F3N12O5S/c1-57-38-23-29(6-9-32(38)43(56-57)62-15-11-39(64)54-47(62)68)35-10-14-58(26-48(35,50)51)25-40(65)60-18-16-59(17-19-60)31-7-4-28(5-8-31)30-21-33-34(36(49)22-30)24-63(45(33)67)42(44(66)55-46-52-12-20-69-46)41-37-3-2-13-61(37)27-53-41/h4-9,12,20-23,27,35,42H,2-3,10-11,13-19,24-26H2,1H3,(H,52,55,66)(H,54,64,68)/t35-,42?/m1/s1. The number of carbonyl (C=O) groups is 5. The van der Waals surface area contributed by atoms with Crippen LogP contribution in [0.3, 0.4) is 0 Å². The van der Waals surface area contributed by atoms with Crippen molar-refractivity contribution in [1.82, 2.24) is 44.3 Å². The van der Waals surface area contributed by atoms with Crippen LogP contribution in [-0.2, 0) is 40.9 Å². The van der Waals surface area contributed by atoms with Crippen molar-refractivity contribution in [3.8, 4) is 11.1 Å². The van der Waals surface area contributed by atoms with E-state index >= 15 is 13.2 Å². The molecule has 0 spiro atoms. The number of hydrogen-bond donors (Lipinski definition) is 2. The van der Waals surface area contributed by atoms with Crippen molar-refractivity contribution < 1.29 is 37.1 Å². The van der Waals surface area contributed by atoms with Gasteiger partial charge in [0.15, 0.2) is 17.0 Å². The SMILES string of the molecule is Cn1nc(N2CCC(=O)NC2=O)c2ccc([C@H]3CCN(CC(=O)N4CCN(c5ccc(-c6cc(F)c7c(c6)C(=O)N(C(C(=O)Nc6nccs6)c6ncn8c6CCC8)C7)cc5)CC4)CC3(F)F)cc21. The average Bonchev–Trinajstić information content (AvgIpc) is 4.19. The first kappa shape index (κ1) is 44.4. The van der Waals surface area contributed by atoms with Gasteiger partial charge in [0.2, 0.25) is 11.8 Å². The van der Waals surface area contributed by atoms with Gasteiger partial charge in [0, 0.05) is 92.2 Å². The van der Waals surface area contributed by atoms with E-state index in [0.717, 1.165) is 24.3 Å². The zero-order valence-corrected chi connectivity index (χ0v) is 38.4. The monoisotopic (exact) mass is 960 g/mol. The molecule has 69 heavy (non-hydrogen) atoms. The molecule has 2 N–H and O–H groups in total. The van der Waals surface area contributed by atoms with Gasteiger partial charge < -0.3 is 19.3 Å². The van der Waals surface area contributed by atoms with Crippen LogP contribution in [0.2, 0.25) is 0 Å². The molecule has 3 aromatic heterocycles. The number of piperazine rings is 1. The number of imidazole rings is 1. The molecule has 5 aliphatic rings. The molecule has 3 fully saturated rings. The second kappa shape index (κ2) is 17.4. The predicted molar refractivity (Wildman–Crippen MR) is 249 cm³/mol. The van der Waals surface area contributed by atoms with Crippen LogP contribution in [-0.4, -0.2) is 127 Å². The molecule has 3 saturated heterocycles. The smallest absolute Gasteiger partial charge is 0.329 e. The second-order valence-corrected chi connectivity index (χ2v) is 19.1. The summed E-state index contributed by atoms with van der Waals surface area (Å²) in [7, 11) is 1.68. The molecule has 21 heteroatoms. The van der Waals surface area contributed by atoms with Gasteiger partial charge in [-0.15, -0.1) is 11.3 Å². The number of carbonyl (C=O) groups excluding carboxylic acids is 5. The van der Waals surface area contributed by atoms with Gasteiger partial charge in [0.25, 0.3) is 17.7 Å². The molecule has 0 bridgehead atoms. The van der Waals surface area contributed by atoms with E-state index in [1.807, 2.05) is 28.8 Å². The lowest BCUT2D eigenvalue weighted by Gasteiger charge is -2.40. The Labute approximate surface area is 397 Å². The average molecular weight is 961 g/mol. The first-order valence-electron chi connectivity index (χ1n) is 23.0. The number of thiazole rings is 1. The van der Waals surface area contributed by atoms with E-state index in [-0.39, 0.29) is 55.4 Å². The molecule has 17 nitrogen and oxygen atoms in total. The summed E-state index contributed by atoms with van der Waals surface area (Å²) in [6.07, 6.45) is 5.15. The summed E-state index contributed by atoms with van der Waals surface area (Å²) in [6, 6.07) is 14.0. The number of anilines is 3. The van der Waals surface area contributed by atoms with Crippen LogP contribution in [0.25, 0.3) is 22.0 Å².